The average molecular weight is 330 g/mol. The average Bonchev–Trinajstić information content (AvgIpc) is 2.98. The van der Waals surface area contributed by atoms with Crippen LogP contribution in [0.5, 0.6) is 0 Å². The molecule has 2 aromatic rings. The van der Waals surface area contributed by atoms with Crippen LogP contribution in [0.1, 0.15) is 60.8 Å². The van der Waals surface area contributed by atoms with Gasteiger partial charge in [-0.15, -0.1) is 0 Å². The molecule has 1 saturated heterocycles. The van der Waals surface area contributed by atoms with Crippen LogP contribution in [0.3, 0.4) is 0 Å². The monoisotopic (exact) mass is 330 g/mol. The number of amides is 1. The van der Waals surface area contributed by atoms with Crippen LogP contribution in [0.25, 0.3) is 11.1 Å². The number of aromatic nitrogens is 2. The van der Waals surface area contributed by atoms with E-state index in [4.69, 9.17) is 4.52 Å². The van der Waals surface area contributed by atoms with Crippen molar-refractivity contribution in [3.63, 3.8) is 0 Å². The molecule has 0 aromatic carbocycles. The lowest BCUT2D eigenvalue weighted by molar-refractivity contribution is 0.0952. The van der Waals surface area contributed by atoms with Crippen molar-refractivity contribution in [1.29, 1.82) is 0 Å². The number of piperidine rings is 1. The molecule has 2 aromatic heterocycles. The van der Waals surface area contributed by atoms with Crippen LogP contribution >= 0.6 is 0 Å². The number of pyridine rings is 1. The Morgan fingerprint density at radius 3 is 3.04 bits per heavy atom. The number of hydrogen-bond acceptors (Lipinski definition) is 5. The van der Waals surface area contributed by atoms with Crippen LogP contribution in [-0.2, 0) is 0 Å². The Hall–Kier alpha value is -1.95. The molecule has 1 aliphatic heterocycles. The molecule has 2 N–H and O–H groups in total. The van der Waals surface area contributed by atoms with E-state index in [1.165, 1.54) is 12.8 Å². The lowest BCUT2D eigenvalue weighted by Crippen LogP contribution is -2.33. The van der Waals surface area contributed by atoms with E-state index in [1.54, 1.807) is 0 Å². The molecule has 130 valence electrons. The van der Waals surface area contributed by atoms with E-state index in [2.05, 4.69) is 20.8 Å². The summed E-state index contributed by atoms with van der Waals surface area (Å²) in [6, 6.07) is 1.82. The number of carbonyl (C=O) groups excluding carboxylic acids is 1. The standard InChI is InChI=1S/C18H26N4O2/c1-11(2)16-15-14(9-12(3)21-18(15)24-22-16)17(23)20-8-6-13-5-4-7-19-10-13/h9,11,13,19H,4-8,10H2,1-3H3,(H,20,23). The summed E-state index contributed by atoms with van der Waals surface area (Å²) in [4.78, 5) is 17.1. The van der Waals surface area contributed by atoms with Crippen molar-refractivity contribution < 1.29 is 9.32 Å². The highest BCUT2D eigenvalue weighted by Gasteiger charge is 2.21. The van der Waals surface area contributed by atoms with E-state index in [-0.39, 0.29) is 11.8 Å². The first kappa shape index (κ1) is 16.9. The van der Waals surface area contributed by atoms with Crippen molar-refractivity contribution in [1.82, 2.24) is 20.8 Å². The van der Waals surface area contributed by atoms with Crippen molar-refractivity contribution in [2.24, 2.45) is 5.92 Å². The molecule has 1 fully saturated rings. The third-order valence-corrected chi connectivity index (χ3v) is 4.63. The molecular formula is C18H26N4O2. The van der Waals surface area contributed by atoms with Gasteiger partial charge in [-0.25, -0.2) is 4.98 Å². The van der Waals surface area contributed by atoms with E-state index in [1.807, 2.05) is 26.8 Å². The second-order valence-electron chi connectivity index (χ2n) is 6.97. The number of rotatable bonds is 5. The molecule has 6 heteroatoms. The van der Waals surface area contributed by atoms with E-state index in [0.717, 1.165) is 36.3 Å². The molecular weight excluding hydrogens is 304 g/mol. The van der Waals surface area contributed by atoms with E-state index >= 15 is 0 Å². The summed E-state index contributed by atoms with van der Waals surface area (Å²) in [6.07, 6.45) is 3.47. The lowest BCUT2D eigenvalue weighted by Gasteiger charge is -2.22. The summed E-state index contributed by atoms with van der Waals surface area (Å²) < 4.78 is 5.33. The molecule has 0 saturated carbocycles. The first-order valence-corrected chi connectivity index (χ1v) is 8.82. The van der Waals surface area contributed by atoms with Crippen molar-refractivity contribution in [3.05, 3.63) is 23.0 Å². The first-order chi connectivity index (χ1) is 11.6. The summed E-state index contributed by atoms with van der Waals surface area (Å²) in [5.41, 5.74) is 2.61. The third kappa shape index (κ3) is 3.59. The van der Waals surface area contributed by atoms with Gasteiger partial charge in [0.1, 0.15) is 0 Å². The minimum Gasteiger partial charge on any atom is -0.352 e. The summed E-state index contributed by atoms with van der Waals surface area (Å²) in [5, 5.41) is 11.3. The fourth-order valence-corrected chi connectivity index (χ4v) is 3.32. The molecule has 0 spiro atoms. The molecule has 1 atom stereocenters. The van der Waals surface area contributed by atoms with Gasteiger partial charge >= 0.3 is 0 Å². The predicted molar refractivity (Wildman–Crippen MR) is 93.2 cm³/mol. The zero-order valence-electron chi connectivity index (χ0n) is 14.7. The maximum atomic E-state index is 12.7. The molecule has 1 aliphatic rings. The minimum absolute atomic E-state index is 0.0700. The second-order valence-corrected chi connectivity index (χ2v) is 6.97. The summed E-state index contributed by atoms with van der Waals surface area (Å²) in [7, 11) is 0. The molecule has 6 nitrogen and oxygen atoms in total. The van der Waals surface area contributed by atoms with Crippen molar-refractivity contribution in [2.75, 3.05) is 19.6 Å². The number of hydrogen-bond donors (Lipinski definition) is 2. The normalized spacial score (nSPS) is 18.2. The minimum atomic E-state index is -0.0700. The van der Waals surface area contributed by atoms with Crippen LogP contribution in [0, 0.1) is 12.8 Å². The fraction of sp³-hybridized carbons (Fsp3) is 0.611. The molecule has 3 rings (SSSR count). The van der Waals surface area contributed by atoms with Crippen LogP contribution in [0.4, 0.5) is 0 Å². The number of nitrogens with one attached hydrogen (secondary N) is 2. The van der Waals surface area contributed by atoms with E-state index in [9.17, 15) is 4.79 Å². The summed E-state index contributed by atoms with van der Waals surface area (Å²) >= 11 is 0. The Morgan fingerprint density at radius 1 is 1.50 bits per heavy atom. The molecule has 0 radical (unpaired) electrons. The van der Waals surface area contributed by atoms with Crippen LogP contribution in [-0.4, -0.2) is 35.7 Å². The Balaban J connectivity index is 1.74. The molecule has 24 heavy (non-hydrogen) atoms. The van der Waals surface area contributed by atoms with Crippen LogP contribution in [0.15, 0.2) is 10.6 Å². The van der Waals surface area contributed by atoms with Gasteiger partial charge in [0.2, 0.25) is 0 Å². The molecule has 3 heterocycles. The van der Waals surface area contributed by atoms with E-state index in [0.29, 0.717) is 23.7 Å². The van der Waals surface area contributed by atoms with Gasteiger partial charge in [0.05, 0.1) is 16.6 Å². The van der Waals surface area contributed by atoms with Crippen LogP contribution < -0.4 is 10.6 Å². The smallest absolute Gasteiger partial charge is 0.259 e. The SMILES string of the molecule is Cc1cc(C(=O)NCCC2CCCNC2)c2c(C(C)C)noc2n1. The highest BCUT2D eigenvalue weighted by Crippen LogP contribution is 2.27. The number of carbonyl (C=O) groups is 1. The van der Waals surface area contributed by atoms with Gasteiger partial charge in [-0.1, -0.05) is 19.0 Å². The topological polar surface area (TPSA) is 80.0 Å². The summed E-state index contributed by atoms with van der Waals surface area (Å²) in [5.74, 6) is 0.759. The first-order valence-electron chi connectivity index (χ1n) is 8.82. The second kappa shape index (κ2) is 7.30. The predicted octanol–water partition coefficient (Wildman–Crippen LogP) is 2.77. The Bertz CT molecular complexity index is 717. The maximum absolute atomic E-state index is 12.7. The number of aryl methyl sites for hydroxylation is 1. The van der Waals surface area contributed by atoms with Gasteiger partial charge in [0.15, 0.2) is 0 Å². The highest BCUT2D eigenvalue weighted by atomic mass is 16.5. The largest absolute Gasteiger partial charge is 0.352 e. The van der Waals surface area contributed by atoms with Gasteiger partial charge in [0.25, 0.3) is 11.6 Å². The fourth-order valence-electron chi connectivity index (χ4n) is 3.32. The zero-order chi connectivity index (χ0) is 17.1. The zero-order valence-corrected chi connectivity index (χ0v) is 14.7. The lowest BCUT2D eigenvalue weighted by atomic mass is 9.96. The Labute approximate surface area is 142 Å². The maximum Gasteiger partial charge on any atom is 0.259 e. The molecule has 1 amide bonds. The molecule has 0 bridgehead atoms. The number of nitrogens with zero attached hydrogens (tertiary/aromatic N) is 2. The third-order valence-electron chi connectivity index (χ3n) is 4.63. The summed E-state index contributed by atoms with van der Waals surface area (Å²) in [6.45, 7) is 8.79. The molecule has 0 aliphatic carbocycles. The Morgan fingerprint density at radius 2 is 2.33 bits per heavy atom. The van der Waals surface area contributed by atoms with Gasteiger partial charge in [-0.3, -0.25) is 4.79 Å². The molecule has 1 unspecified atom stereocenters. The Kier molecular flexibility index (Phi) is 5.14. The quantitative estimate of drug-likeness (QED) is 0.881. The number of fused-ring (bicyclic) bond motifs is 1. The van der Waals surface area contributed by atoms with Crippen LogP contribution in [0.2, 0.25) is 0 Å². The van der Waals surface area contributed by atoms with Crippen molar-refractivity contribution in [3.8, 4) is 0 Å². The van der Waals surface area contributed by atoms with Gasteiger partial charge in [0, 0.05) is 12.2 Å². The van der Waals surface area contributed by atoms with Gasteiger partial charge < -0.3 is 15.2 Å². The van der Waals surface area contributed by atoms with Crippen molar-refractivity contribution >= 4 is 17.0 Å². The highest BCUT2D eigenvalue weighted by molar-refractivity contribution is 6.06. The van der Waals surface area contributed by atoms with Crippen molar-refractivity contribution in [2.45, 2.75) is 46.0 Å². The van der Waals surface area contributed by atoms with Gasteiger partial charge in [-0.05, 0) is 57.2 Å². The van der Waals surface area contributed by atoms with E-state index < -0.39 is 0 Å². The van der Waals surface area contributed by atoms with Gasteiger partial charge in [-0.2, -0.15) is 0 Å².